The molecule has 0 radical (unpaired) electrons. The van der Waals surface area contributed by atoms with Gasteiger partial charge in [0.15, 0.2) is 0 Å². The average molecular weight is 300 g/mol. The minimum atomic E-state index is 0.632. The van der Waals surface area contributed by atoms with Gasteiger partial charge in [-0.15, -0.1) is 0 Å². The molecule has 3 nitrogen and oxygen atoms in total. The second-order valence-corrected chi connectivity index (χ2v) is 6.20. The minimum Gasteiger partial charge on any atom is -0.319 e. The van der Waals surface area contributed by atoms with Crippen molar-refractivity contribution in [3.8, 4) is 0 Å². The first-order chi connectivity index (χ1) is 8.13. The third kappa shape index (κ3) is 2.74. The fourth-order valence-corrected chi connectivity index (χ4v) is 3.76. The van der Waals surface area contributed by atoms with Crippen LogP contribution in [0, 0.1) is 11.8 Å². The van der Waals surface area contributed by atoms with Crippen LogP contribution in [0.15, 0.2) is 10.7 Å². The standard InChI is InChI=1S/C13H22BrN3/c1-9-4-5-10(7-15-2)11(6-9)13-12(14)8-16-17(13)3/h8-11,15H,4-7H2,1-3H3. The topological polar surface area (TPSA) is 29.9 Å². The van der Waals surface area contributed by atoms with Crippen LogP contribution in [-0.4, -0.2) is 23.4 Å². The van der Waals surface area contributed by atoms with Gasteiger partial charge in [-0.1, -0.05) is 13.3 Å². The molecule has 1 fully saturated rings. The molecule has 0 amide bonds. The molecule has 1 aromatic rings. The van der Waals surface area contributed by atoms with E-state index in [4.69, 9.17) is 0 Å². The molecule has 3 unspecified atom stereocenters. The van der Waals surface area contributed by atoms with Crippen LogP contribution in [0.1, 0.15) is 37.8 Å². The minimum absolute atomic E-state index is 0.632. The van der Waals surface area contributed by atoms with Gasteiger partial charge in [0, 0.05) is 13.0 Å². The Morgan fingerprint density at radius 3 is 2.88 bits per heavy atom. The predicted molar refractivity (Wildman–Crippen MR) is 74.1 cm³/mol. The summed E-state index contributed by atoms with van der Waals surface area (Å²) in [6, 6.07) is 0. The molecule has 1 saturated carbocycles. The molecular weight excluding hydrogens is 278 g/mol. The highest BCUT2D eigenvalue weighted by atomic mass is 79.9. The van der Waals surface area contributed by atoms with E-state index in [-0.39, 0.29) is 0 Å². The zero-order valence-electron chi connectivity index (χ0n) is 10.9. The lowest BCUT2D eigenvalue weighted by Gasteiger charge is -2.35. The Kier molecular flexibility index (Phi) is 4.26. The Morgan fingerprint density at radius 1 is 1.53 bits per heavy atom. The smallest absolute Gasteiger partial charge is 0.0635 e. The summed E-state index contributed by atoms with van der Waals surface area (Å²) in [4.78, 5) is 0. The summed E-state index contributed by atoms with van der Waals surface area (Å²) in [6.07, 6.45) is 5.89. The van der Waals surface area contributed by atoms with Crippen LogP contribution in [0.2, 0.25) is 0 Å². The van der Waals surface area contributed by atoms with Gasteiger partial charge in [0.1, 0.15) is 0 Å². The van der Waals surface area contributed by atoms with Gasteiger partial charge in [0.25, 0.3) is 0 Å². The maximum Gasteiger partial charge on any atom is 0.0635 e. The molecule has 17 heavy (non-hydrogen) atoms. The Bertz CT molecular complexity index is 355. The summed E-state index contributed by atoms with van der Waals surface area (Å²) < 4.78 is 3.20. The highest BCUT2D eigenvalue weighted by Gasteiger charge is 2.32. The first-order valence-corrected chi connectivity index (χ1v) is 7.24. The fraction of sp³-hybridized carbons (Fsp3) is 0.769. The molecule has 1 heterocycles. The van der Waals surface area contributed by atoms with Crippen LogP contribution in [0.3, 0.4) is 0 Å². The molecule has 1 aromatic heterocycles. The summed E-state index contributed by atoms with van der Waals surface area (Å²) in [5, 5.41) is 7.70. The van der Waals surface area contributed by atoms with Crippen LogP contribution in [-0.2, 0) is 7.05 Å². The normalized spacial score (nSPS) is 29.5. The quantitative estimate of drug-likeness (QED) is 0.930. The van der Waals surface area contributed by atoms with Gasteiger partial charge in [-0.05, 0) is 54.2 Å². The number of halogens is 1. The highest BCUT2D eigenvalue weighted by Crippen LogP contribution is 2.42. The van der Waals surface area contributed by atoms with E-state index in [1.807, 2.05) is 17.9 Å². The van der Waals surface area contributed by atoms with Crippen molar-refractivity contribution < 1.29 is 0 Å². The third-order valence-corrected chi connectivity index (χ3v) is 4.62. The van der Waals surface area contributed by atoms with Crippen LogP contribution in [0.4, 0.5) is 0 Å². The van der Waals surface area contributed by atoms with Crippen molar-refractivity contribution in [1.82, 2.24) is 15.1 Å². The van der Waals surface area contributed by atoms with Crippen molar-refractivity contribution in [1.29, 1.82) is 0 Å². The predicted octanol–water partition coefficient (Wildman–Crippen LogP) is 2.92. The number of hydrogen-bond donors (Lipinski definition) is 1. The second kappa shape index (κ2) is 5.53. The van der Waals surface area contributed by atoms with Crippen molar-refractivity contribution in [2.75, 3.05) is 13.6 Å². The maximum atomic E-state index is 4.36. The molecule has 96 valence electrons. The zero-order chi connectivity index (χ0) is 12.4. The van der Waals surface area contributed by atoms with Crippen molar-refractivity contribution in [2.45, 2.75) is 32.1 Å². The van der Waals surface area contributed by atoms with Crippen molar-refractivity contribution in [3.05, 3.63) is 16.4 Å². The zero-order valence-corrected chi connectivity index (χ0v) is 12.5. The lowest BCUT2D eigenvalue weighted by molar-refractivity contribution is 0.237. The molecule has 1 aliphatic carbocycles. The van der Waals surface area contributed by atoms with E-state index in [9.17, 15) is 0 Å². The van der Waals surface area contributed by atoms with Crippen LogP contribution < -0.4 is 5.32 Å². The Hall–Kier alpha value is -0.350. The summed E-state index contributed by atoms with van der Waals surface area (Å²) in [5.41, 5.74) is 1.37. The highest BCUT2D eigenvalue weighted by molar-refractivity contribution is 9.10. The molecule has 0 aliphatic heterocycles. The van der Waals surface area contributed by atoms with Gasteiger partial charge in [-0.3, -0.25) is 4.68 Å². The van der Waals surface area contributed by atoms with Crippen LogP contribution in [0.5, 0.6) is 0 Å². The van der Waals surface area contributed by atoms with Gasteiger partial charge in [-0.25, -0.2) is 0 Å². The van der Waals surface area contributed by atoms with Crippen molar-refractivity contribution >= 4 is 15.9 Å². The third-order valence-electron chi connectivity index (χ3n) is 4.01. The van der Waals surface area contributed by atoms with E-state index < -0.39 is 0 Å². The second-order valence-electron chi connectivity index (χ2n) is 5.34. The van der Waals surface area contributed by atoms with Gasteiger partial charge < -0.3 is 5.32 Å². The number of aryl methyl sites for hydroxylation is 1. The van der Waals surface area contributed by atoms with Gasteiger partial charge in [-0.2, -0.15) is 5.10 Å². The van der Waals surface area contributed by atoms with E-state index in [0.29, 0.717) is 5.92 Å². The lowest BCUT2D eigenvalue weighted by atomic mass is 9.73. The summed E-state index contributed by atoms with van der Waals surface area (Å²) in [7, 11) is 4.10. The first-order valence-electron chi connectivity index (χ1n) is 6.45. The molecular formula is C13H22BrN3. The lowest BCUT2D eigenvalue weighted by Crippen LogP contribution is -2.31. The fourth-order valence-electron chi connectivity index (χ4n) is 3.12. The number of hydrogen-bond acceptors (Lipinski definition) is 2. The van der Waals surface area contributed by atoms with Crippen LogP contribution >= 0.6 is 15.9 Å². The molecule has 0 saturated heterocycles. The maximum absolute atomic E-state index is 4.36. The molecule has 4 heteroatoms. The first kappa shape index (κ1) is 13.1. The SMILES string of the molecule is CNCC1CCC(C)CC1c1c(Br)cnn1C. The average Bonchev–Trinajstić information content (AvgIpc) is 2.62. The molecule has 2 rings (SSSR count). The molecule has 3 atom stereocenters. The number of aromatic nitrogens is 2. The van der Waals surface area contributed by atoms with Crippen LogP contribution in [0.25, 0.3) is 0 Å². The Labute approximate surface area is 112 Å². The molecule has 0 spiro atoms. The Balaban J connectivity index is 2.25. The molecule has 1 aliphatic rings. The Morgan fingerprint density at radius 2 is 2.29 bits per heavy atom. The largest absolute Gasteiger partial charge is 0.319 e. The molecule has 0 aromatic carbocycles. The van der Waals surface area contributed by atoms with Gasteiger partial charge in [0.2, 0.25) is 0 Å². The van der Waals surface area contributed by atoms with Gasteiger partial charge >= 0.3 is 0 Å². The molecule has 0 bridgehead atoms. The number of nitrogens with one attached hydrogen (secondary N) is 1. The summed E-state index contributed by atoms with van der Waals surface area (Å²) in [6.45, 7) is 3.47. The van der Waals surface area contributed by atoms with E-state index in [2.05, 4.69) is 40.3 Å². The van der Waals surface area contributed by atoms with E-state index in [1.54, 1.807) is 0 Å². The monoisotopic (exact) mass is 299 g/mol. The summed E-state index contributed by atoms with van der Waals surface area (Å²) in [5.74, 6) is 2.20. The summed E-state index contributed by atoms with van der Waals surface area (Å²) >= 11 is 3.65. The molecule has 1 N–H and O–H groups in total. The number of nitrogens with zero attached hydrogens (tertiary/aromatic N) is 2. The van der Waals surface area contributed by atoms with Gasteiger partial charge in [0.05, 0.1) is 16.4 Å². The van der Waals surface area contributed by atoms with E-state index in [0.717, 1.165) is 18.4 Å². The van der Waals surface area contributed by atoms with E-state index >= 15 is 0 Å². The van der Waals surface area contributed by atoms with Crippen molar-refractivity contribution in [3.63, 3.8) is 0 Å². The number of rotatable bonds is 3. The van der Waals surface area contributed by atoms with E-state index in [1.165, 1.54) is 29.4 Å². The van der Waals surface area contributed by atoms with Crippen molar-refractivity contribution in [2.24, 2.45) is 18.9 Å².